The summed E-state index contributed by atoms with van der Waals surface area (Å²) in [6.07, 6.45) is 5.08. The number of pyridine rings is 1. The van der Waals surface area contributed by atoms with Crippen molar-refractivity contribution in [3.05, 3.63) is 76.5 Å². The van der Waals surface area contributed by atoms with E-state index in [-0.39, 0.29) is 48.1 Å². The van der Waals surface area contributed by atoms with E-state index >= 15 is 0 Å². The van der Waals surface area contributed by atoms with E-state index in [0.717, 1.165) is 17.7 Å². The Kier molecular flexibility index (Phi) is 7.67. The number of carbonyl (C=O) groups is 1. The van der Waals surface area contributed by atoms with Crippen molar-refractivity contribution in [3.8, 4) is 11.4 Å². The highest BCUT2D eigenvalue weighted by Crippen LogP contribution is 2.36. The van der Waals surface area contributed by atoms with Gasteiger partial charge in [-0.3, -0.25) is 9.59 Å². The quantitative estimate of drug-likeness (QED) is 0.610. The first-order valence-corrected chi connectivity index (χ1v) is 10.8. The second-order valence-corrected chi connectivity index (χ2v) is 8.79. The summed E-state index contributed by atoms with van der Waals surface area (Å²) in [5.41, 5.74) is 8.98. The van der Waals surface area contributed by atoms with Crippen LogP contribution >= 0.6 is 24.8 Å². The Bertz CT molecular complexity index is 1180. The SMILES string of the molecule is Cl.Cl.Cn1ccnc1-c1ccc2n(c1=O)C[C@H]1C[C@@H]2CN(C(=O)[C@@H](N)Cc2ccccc2)C1. The Labute approximate surface area is 205 Å². The maximum atomic E-state index is 13.2. The molecule has 2 aromatic heterocycles. The van der Waals surface area contributed by atoms with Crippen molar-refractivity contribution in [2.75, 3.05) is 13.1 Å². The maximum absolute atomic E-state index is 13.2. The monoisotopic (exact) mass is 489 g/mol. The Balaban J connectivity index is 0.00000153. The highest BCUT2D eigenvalue weighted by molar-refractivity contribution is 5.85. The van der Waals surface area contributed by atoms with Crippen molar-refractivity contribution in [1.82, 2.24) is 19.0 Å². The molecule has 5 rings (SSSR count). The molecule has 4 heterocycles. The number of rotatable bonds is 4. The average molecular weight is 490 g/mol. The summed E-state index contributed by atoms with van der Waals surface area (Å²) >= 11 is 0. The predicted molar refractivity (Wildman–Crippen MR) is 133 cm³/mol. The van der Waals surface area contributed by atoms with Gasteiger partial charge in [0.1, 0.15) is 5.82 Å². The van der Waals surface area contributed by atoms with E-state index in [1.165, 1.54) is 0 Å². The molecule has 1 aromatic carbocycles. The third kappa shape index (κ3) is 4.71. The summed E-state index contributed by atoms with van der Waals surface area (Å²) in [6, 6.07) is 13.2. The molecular formula is C24H29Cl2N5O2. The number of halogens is 2. The fourth-order valence-corrected chi connectivity index (χ4v) is 5.11. The van der Waals surface area contributed by atoms with Crippen molar-refractivity contribution in [2.45, 2.75) is 31.3 Å². The summed E-state index contributed by atoms with van der Waals surface area (Å²) in [5.74, 6) is 1.09. The highest BCUT2D eigenvalue weighted by atomic mass is 35.5. The molecule has 2 aliphatic heterocycles. The molecule has 2 bridgehead atoms. The largest absolute Gasteiger partial charge is 0.340 e. The first-order valence-electron chi connectivity index (χ1n) is 10.8. The Morgan fingerprint density at radius 1 is 1.12 bits per heavy atom. The Morgan fingerprint density at radius 3 is 2.58 bits per heavy atom. The Morgan fingerprint density at radius 2 is 1.88 bits per heavy atom. The number of imidazole rings is 1. The van der Waals surface area contributed by atoms with Crippen LogP contribution in [-0.4, -0.2) is 44.1 Å². The lowest BCUT2D eigenvalue weighted by Crippen LogP contribution is -2.53. The summed E-state index contributed by atoms with van der Waals surface area (Å²) in [4.78, 5) is 32.6. The van der Waals surface area contributed by atoms with E-state index in [0.29, 0.717) is 37.4 Å². The van der Waals surface area contributed by atoms with Gasteiger partial charge in [0.05, 0.1) is 11.6 Å². The van der Waals surface area contributed by atoms with Gasteiger partial charge < -0.3 is 19.8 Å². The van der Waals surface area contributed by atoms with E-state index in [1.807, 2.05) is 69.7 Å². The lowest BCUT2D eigenvalue weighted by Gasteiger charge is -2.43. The molecule has 0 aliphatic carbocycles. The second kappa shape index (κ2) is 10.1. The zero-order valence-electron chi connectivity index (χ0n) is 18.5. The number of nitrogens with zero attached hydrogens (tertiary/aromatic N) is 4. The van der Waals surface area contributed by atoms with E-state index in [9.17, 15) is 9.59 Å². The number of aromatic nitrogens is 3. The summed E-state index contributed by atoms with van der Waals surface area (Å²) in [6.45, 7) is 1.88. The summed E-state index contributed by atoms with van der Waals surface area (Å²) in [7, 11) is 1.89. The molecular weight excluding hydrogens is 461 g/mol. The smallest absolute Gasteiger partial charge is 0.261 e. The van der Waals surface area contributed by atoms with Crippen LogP contribution in [0.2, 0.25) is 0 Å². The van der Waals surface area contributed by atoms with Crippen LogP contribution in [-0.2, 0) is 24.8 Å². The minimum atomic E-state index is -0.547. The summed E-state index contributed by atoms with van der Waals surface area (Å²) < 4.78 is 3.76. The molecule has 9 heteroatoms. The molecule has 1 amide bonds. The van der Waals surface area contributed by atoms with Crippen molar-refractivity contribution in [2.24, 2.45) is 18.7 Å². The average Bonchev–Trinajstić information content (AvgIpc) is 3.20. The zero-order chi connectivity index (χ0) is 21.5. The summed E-state index contributed by atoms with van der Waals surface area (Å²) in [5, 5.41) is 0. The lowest BCUT2D eigenvalue weighted by atomic mass is 9.82. The van der Waals surface area contributed by atoms with Crippen molar-refractivity contribution in [1.29, 1.82) is 0 Å². The van der Waals surface area contributed by atoms with Crippen molar-refractivity contribution >= 4 is 30.7 Å². The van der Waals surface area contributed by atoms with Gasteiger partial charge in [-0.1, -0.05) is 30.3 Å². The number of carbonyl (C=O) groups excluding carboxylic acids is 1. The maximum Gasteiger partial charge on any atom is 0.261 e. The van der Waals surface area contributed by atoms with Crippen LogP contribution in [0.4, 0.5) is 0 Å². The first-order chi connectivity index (χ1) is 15.0. The molecule has 2 aliphatic rings. The molecule has 0 saturated carbocycles. The third-order valence-electron chi connectivity index (χ3n) is 6.59. The van der Waals surface area contributed by atoms with Crippen molar-refractivity contribution in [3.63, 3.8) is 0 Å². The number of hydrogen-bond donors (Lipinski definition) is 1. The molecule has 0 radical (unpaired) electrons. The van der Waals surface area contributed by atoms with Gasteiger partial charge in [0.25, 0.3) is 5.56 Å². The van der Waals surface area contributed by atoms with Gasteiger partial charge in [0.2, 0.25) is 5.91 Å². The molecule has 0 spiro atoms. The van der Waals surface area contributed by atoms with E-state index in [1.54, 1.807) is 6.20 Å². The molecule has 176 valence electrons. The number of fused-ring (bicyclic) bond motifs is 4. The fraction of sp³-hybridized carbons (Fsp3) is 0.375. The number of amides is 1. The van der Waals surface area contributed by atoms with Crippen LogP contribution in [0.3, 0.4) is 0 Å². The minimum absolute atomic E-state index is 0. The number of aryl methyl sites for hydroxylation is 1. The topological polar surface area (TPSA) is 86.2 Å². The van der Waals surface area contributed by atoms with Gasteiger partial charge in [-0.2, -0.15) is 0 Å². The number of benzene rings is 1. The van der Waals surface area contributed by atoms with E-state index in [4.69, 9.17) is 5.73 Å². The van der Waals surface area contributed by atoms with Gasteiger partial charge in [-0.25, -0.2) is 4.98 Å². The minimum Gasteiger partial charge on any atom is -0.340 e. The second-order valence-electron chi connectivity index (χ2n) is 8.79. The van der Waals surface area contributed by atoms with Crippen LogP contribution in [0.25, 0.3) is 11.4 Å². The van der Waals surface area contributed by atoms with Crippen molar-refractivity contribution < 1.29 is 4.79 Å². The van der Waals surface area contributed by atoms with Gasteiger partial charge in [0.15, 0.2) is 0 Å². The molecule has 3 atom stereocenters. The number of piperidine rings is 1. The van der Waals surface area contributed by atoms with Gasteiger partial charge >= 0.3 is 0 Å². The van der Waals surface area contributed by atoms with Gasteiger partial charge in [-0.05, 0) is 36.5 Å². The third-order valence-corrected chi connectivity index (χ3v) is 6.59. The number of hydrogen-bond acceptors (Lipinski definition) is 4. The molecule has 3 aromatic rings. The van der Waals surface area contributed by atoms with Crippen LogP contribution < -0.4 is 11.3 Å². The van der Waals surface area contributed by atoms with Crippen LogP contribution in [0, 0.1) is 5.92 Å². The molecule has 33 heavy (non-hydrogen) atoms. The van der Waals surface area contributed by atoms with Crippen LogP contribution in [0.1, 0.15) is 23.6 Å². The molecule has 7 nitrogen and oxygen atoms in total. The molecule has 1 fully saturated rings. The Hall–Kier alpha value is -2.61. The standard InChI is InChI=1S/C24H27N5O2.2ClH/c1-27-10-9-26-22(27)19-7-8-21-18-11-17(14-29(21)23(19)30)13-28(15-18)24(31)20(25)12-16-5-3-2-4-6-16;;/h2-10,17-18,20H,11-15,25H2,1H3;2*1H/t17-,18+,20-;;/m0../s1. The van der Waals surface area contributed by atoms with E-state index in [2.05, 4.69) is 4.98 Å². The van der Waals surface area contributed by atoms with Gasteiger partial charge in [-0.15, -0.1) is 24.8 Å². The molecule has 1 saturated heterocycles. The van der Waals surface area contributed by atoms with E-state index < -0.39 is 6.04 Å². The number of nitrogens with two attached hydrogens (primary N) is 1. The van der Waals surface area contributed by atoms with Crippen LogP contribution in [0.5, 0.6) is 0 Å². The van der Waals surface area contributed by atoms with Gasteiger partial charge in [0, 0.05) is 50.7 Å². The molecule has 0 unspecified atom stereocenters. The normalized spacial score (nSPS) is 19.6. The predicted octanol–water partition coefficient (Wildman–Crippen LogP) is 2.61. The highest BCUT2D eigenvalue weighted by Gasteiger charge is 2.38. The van der Waals surface area contributed by atoms with Crippen LogP contribution in [0.15, 0.2) is 59.7 Å². The lowest BCUT2D eigenvalue weighted by molar-refractivity contribution is -0.135. The molecule has 2 N–H and O–H groups in total. The number of likely N-dealkylation sites (tertiary alicyclic amines) is 1. The fourth-order valence-electron chi connectivity index (χ4n) is 5.11. The first kappa shape index (κ1) is 25.0. The zero-order valence-corrected chi connectivity index (χ0v) is 20.1.